The second kappa shape index (κ2) is 10.2. The molecule has 4 nitrogen and oxygen atoms in total. The molecule has 1 aliphatic rings. The largest absolute Gasteiger partial charge is 0.326 e. The van der Waals surface area contributed by atoms with Gasteiger partial charge in [0.15, 0.2) is 0 Å². The molecule has 0 aliphatic carbocycles. The Hall–Kier alpha value is -2.15. The standard InChI is InChI=1S/C24H27N3OS2/c1-18-13-20(16-27-9-11-29-12-10-27)7-8-22(18)26-23(28)15-21-17-30-24(25-21)14-19-5-3-2-4-6-19/h2-8,13,17H,9-12,14-16H2,1H3,(H,26,28). The van der Waals surface area contributed by atoms with Crippen LogP contribution in [0.2, 0.25) is 0 Å². The first kappa shape index (κ1) is 21.1. The van der Waals surface area contributed by atoms with E-state index in [1.54, 1.807) is 11.3 Å². The maximum Gasteiger partial charge on any atom is 0.230 e. The maximum absolute atomic E-state index is 12.5. The molecule has 0 atom stereocenters. The van der Waals surface area contributed by atoms with Crippen LogP contribution in [0.4, 0.5) is 5.69 Å². The zero-order chi connectivity index (χ0) is 20.8. The van der Waals surface area contributed by atoms with Gasteiger partial charge in [-0.25, -0.2) is 4.98 Å². The number of amides is 1. The Morgan fingerprint density at radius 2 is 1.90 bits per heavy atom. The van der Waals surface area contributed by atoms with Gasteiger partial charge in [0, 0.05) is 48.6 Å². The lowest BCUT2D eigenvalue weighted by Crippen LogP contribution is -2.31. The molecule has 6 heteroatoms. The number of nitrogens with zero attached hydrogens (tertiary/aromatic N) is 2. The van der Waals surface area contributed by atoms with Crippen molar-refractivity contribution >= 4 is 34.7 Å². The van der Waals surface area contributed by atoms with E-state index in [0.29, 0.717) is 6.42 Å². The fourth-order valence-corrected chi connectivity index (χ4v) is 5.43. The number of hydrogen-bond donors (Lipinski definition) is 1. The zero-order valence-electron chi connectivity index (χ0n) is 17.3. The molecule has 1 saturated heterocycles. The second-order valence-electron chi connectivity index (χ2n) is 7.66. The number of hydrogen-bond acceptors (Lipinski definition) is 5. The Labute approximate surface area is 186 Å². The van der Waals surface area contributed by atoms with Crippen molar-refractivity contribution in [2.45, 2.75) is 26.3 Å². The number of carbonyl (C=O) groups excluding carboxylic acids is 1. The van der Waals surface area contributed by atoms with Crippen LogP contribution in [-0.4, -0.2) is 40.4 Å². The smallest absolute Gasteiger partial charge is 0.230 e. The third-order valence-electron chi connectivity index (χ3n) is 5.21. The van der Waals surface area contributed by atoms with Crippen LogP contribution in [0.3, 0.4) is 0 Å². The number of rotatable bonds is 7. The van der Waals surface area contributed by atoms with E-state index in [1.807, 2.05) is 41.4 Å². The van der Waals surface area contributed by atoms with Crippen molar-refractivity contribution in [1.29, 1.82) is 0 Å². The zero-order valence-corrected chi connectivity index (χ0v) is 18.9. The Morgan fingerprint density at radius 3 is 2.67 bits per heavy atom. The average Bonchev–Trinajstić information content (AvgIpc) is 3.18. The summed E-state index contributed by atoms with van der Waals surface area (Å²) in [5, 5.41) is 6.09. The summed E-state index contributed by atoms with van der Waals surface area (Å²) in [4.78, 5) is 19.7. The highest BCUT2D eigenvalue weighted by molar-refractivity contribution is 7.99. The first-order valence-electron chi connectivity index (χ1n) is 10.3. The lowest BCUT2D eigenvalue weighted by molar-refractivity contribution is -0.115. The molecule has 1 aromatic heterocycles. The molecule has 1 N–H and O–H groups in total. The molecule has 3 aromatic rings. The lowest BCUT2D eigenvalue weighted by Gasteiger charge is -2.26. The van der Waals surface area contributed by atoms with Crippen molar-refractivity contribution in [3.8, 4) is 0 Å². The molecular weight excluding hydrogens is 410 g/mol. The molecule has 2 aromatic carbocycles. The summed E-state index contributed by atoms with van der Waals surface area (Å²) in [6.45, 7) is 5.36. The highest BCUT2D eigenvalue weighted by Gasteiger charge is 2.13. The monoisotopic (exact) mass is 437 g/mol. The minimum Gasteiger partial charge on any atom is -0.326 e. The highest BCUT2D eigenvalue weighted by Crippen LogP contribution is 2.20. The number of anilines is 1. The van der Waals surface area contributed by atoms with Gasteiger partial charge in [-0.05, 0) is 29.7 Å². The molecule has 1 fully saturated rings. The molecule has 0 spiro atoms. The Bertz CT molecular complexity index is 981. The number of carbonyl (C=O) groups is 1. The maximum atomic E-state index is 12.5. The predicted molar refractivity (Wildman–Crippen MR) is 127 cm³/mol. The highest BCUT2D eigenvalue weighted by atomic mass is 32.2. The van der Waals surface area contributed by atoms with Gasteiger partial charge in [-0.3, -0.25) is 9.69 Å². The minimum atomic E-state index is -0.0181. The fraction of sp³-hybridized carbons (Fsp3) is 0.333. The molecular formula is C24H27N3OS2. The summed E-state index contributed by atoms with van der Waals surface area (Å²) in [6, 6.07) is 16.6. The van der Waals surface area contributed by atoms with Crippen molar-refractivity contribution in [2.24, 2.45) is 0 Å². The third kappa shape index (κ3) is 5.94. The van der Waals surface area contributed by atoms with Crippen LogP contribution in [-0.2, 0) is 24.2 Å². The van der Waals surface area contributed by atoms with Crippen LogP contribution < -0.4 is 5.32 Å². The number of aryl methyl sites for hydroxylation is 1. The van der Waals surface area contributed by atoms with Crippen LogP contribution in [0.15, 0.2) is 53.9 Å². The number of thiazole rings is 1. The molecule has 1 aliphatic heterocycles. The third-order valence-corrected chi connectivity index (χ3v) is 7.05. The van der Waals surface area contributed by atoms with Crippen LogP contribution >= 0.6 is 23.1 Å². The number of benzene rings is 2. The van der Waals surface area contributed by atoms with Crippen LogP contribution in [0, 0.1) is 6.92 Å². The van der Waals surface area contributed by atoms with Gasteiger partial charge in [0.25, 0.3) is 0 Å². The van der Waals surface area contributed by atoms with Gasteiger partial charge < -0.3 is 5.32 Å². The van der Waals surface area contributed by atoms with Gasteiger partial charge in [-0.15, -0.1) is 11.3 Å². The summed E-state index contributed by atoms with van der Waals surface area (Å²) < 4.78 is 0. The van der Waals surface area contributed by atoms with Crippen LogP contribution in [0.1, 0.15) is 27.4 Å². The van der Waals surface area contributed by atoms with E-state index >= 15 is 0 Å². The Kier molecular flexibility index (Phi) is 7.20. The lowest BCUT2D eigenvalue weighted by atomic mass is 10.1. The van der Waals surface area contributed by atoms with Gasteiger partial charge in [-0.2, -0.15) is 11.8 Å². The summed E-state index contributed by atoms with van der Waals surface area (Å²) in [5.74, 6) is 2.42. The second-order valence-corrected chi connectivity index (χ2v) is 9.83. The molecule has 156 valence electrons. The van der Waals surface area contributed by atoms with Gasteiger partial charge in [0.05, 0.1) is 17.1 Å². The summed E-state index contributed by atoms with van der Waals surface area (Å²) in [5.41, 5.74) is 5.37. The van der Waals surface area contributed by atoms with Crippen LogP contribution in [0.25, 0.3) is 0 Å². The van der Waals surface area contributed by atoms with Crippen molar-refractivity contribution in [2.75, 3.05) is 29.9 Å². The molecule has 0 radical (unpaired) electrons. The van der Waals surface area contributed by atoms with E-state index in [4.69, 9.17) is 0 Å². The molecule has 2 heterocycles. The topological polar surface area (TPSA) is 45.2 Å². The molecule has 0 unspecified atom stereocenters. The van der Waals surface area contributed by atoms with Crippen molar-refractivity contribution < 1.29 is 4.79 Å². The van der Waals surface area contributed by atoms with E-state index in [9.17, 15) is 4.79 Å². The van der Waals surface area contributed by atoms with E-state index in [-0.39, 0.29) is 5.91 Å². The van der Waals surface area contributed by atoms with Gasteiger partial charge in [0.2, 0.25) is 5.91 Å². The van der Waals surface area contributed by atoms with E-state index in [2.05, 4.69) is 46.4 Å². The van der Waals surface area contributed by atoms with Gasteiger partial charge in [-0.1, -0.05) is 42.5 Å². The quantitative estimate of drug-likeness (QED) is 0.578. The fourth-order valence-electron chi connectivity index (χ4n) is 3.62. The number of thioether (sulfide) groups is 1. The van der Waals surface area contributed by atoms with Crippen LogP contribution in [0.5, 0.6) is 0 Å². The van der Waals surface area contributed by atoms with E-state index < -0.39 is 0 Å². The van der Waals surface area contributed by atoms with E-state index in [1.165, 1.54) is 22.6 Å². The average molecular weight is 438 g/mol. The number of nitrogens with one attached hydrogen (secondary N) is 1. The Balaban J connectivity index is 1.31. The van der Waals surface area contributed by atoms with Gasteiger partial charge in [0.1, 0.15) is 0 Å². The molecule has 4 rings (SSSR count). The molecule has 0 bridgehead atoms. The summed E-state index contributed by atoms with van der Waals surface area (Å²) in [6.07, 6.45) is 1.11. The molecule has 1 amide bonds. The van der Waals surface area contributed by atoms with Crippen molar-refractivity contribution in [3.05, 3.63) is 81.3 Å². The first-order valence-corrected chi connectivity index (χ1v) is 12.4. The van der Waals surface area contributed by atoms with Gasteiger partial charge >= 0.3 is 0 Å². The first-order chi connectivity index (χ1) is 14.7. The Morgan fingerprint density at radius 1 is 1.10 bits per heavy atom. The SMILES string of the molecule is Cc1cc(CN2CCSCC2)ccc1NC(=O)Cc1csc(Cc2ccccc2)n1. The predicted octanol–water partition coefficient (Wildman–Crippen LogP) is 4.77. The minimum absolute atomic E-state index is 0.0181. The van der Waals surface area contributed by atoms with E-state index in [0.717, 1.165) is 48.0 Å². The normalized spacial score (nSPS) is 14.6. The van der Waals surface area contributed by atoms with Crippen molar-refractivity contribution in [1.82, 2.24) is 9.88 Å². The molecule has 0 saturated carbocycles. The number of aromatic nitrogens is 1. The molecule has 30 heavy (non-hydrogen) atoms. The summed E-state index contributed by atoms with van der Waals surface area (Å²) in [7, 11) is 0. The van der Waals surface area contributed by atoms with Crippen molar-refractivity contribution in [3.63, 3.8) is 0 Å². The summed E-state index contributed by atoms with van der Waals surface area (Å²) >= 11 is 3.65.